The van der Waals surface area contributed by atoms with Gasteiger partial charge < -0.3 is 25.3 Å². The van der Waals surface area contributed by atoms with E-state index >= 15 is 0 Å². The van der Waals surface area contributed by atoms with E-state index in [1.54, 1.807) is 31.4 Å². The molecule has 0 aliphatic carbocycles. The van der Waals surface area contributed by atoms with Crippen molar-refractivity contribution in [2.75, 3.05) is 38.6 Å². The summed E-state index contributed by atoms with van der Waals surface area (Å²) in [4.78, 5) is 40.2. The van der Waals surface area contributed by atoms with Crippen molar-refractivity contribution in [3.05, 3.63) is 95.8 Å². The van der Waals surface area contributed by atoms with Crippen molar-refractivity contribution in [2.45, 2.75) is 6.92 Å². The highest BCUT2D eigenvalue weighted by molar-refractivity contribution is 6.05. The Morgan fingerprint density at radius 3 is 2.39 bits per heavy atom. The van der Waals surface area contributed by atoms with Gasteiger partial charge in [-0.2, -0.15) is 0 Å². The molecule has 0 unspecified atom stereocenters. The SMILES string of the molecule is COc1ccc(C(=O)Nc2cccc(-c3ncnc4[nH]c(-c5ccc(C(=O)N6CCNCC6)cc5)cc34)c2C)cc1. The van der Waals surface area contributed by atoms with Crippen LogP contribution < -0.4 is 15.4 Å². The minimum atomic E-state index is -0.205. The van der Waals surface area contributed by atoms with Crippen LogP contribution in [0, 0.1) is 6.92 Å². The van der Waals surface area contributed by atoms with Gasteiger partial charge in [-0.25, -0.2) is 9.97 Å². The van der Waals surface area contributed by atoms with E-state index in [1.165, 1.54) is 6.33 Å². The number of methoxy groups -OCH3 is 1. The average molecular weight is 547 g/mol. The molecule has 2 amide bonds. The molecule has 0 radical (unpaired) electrons. The first-order chi connectivity index (χ1) is 20.0. The second kappa shape index (κ2) is 11.2. The Bertz CT molecular complexity index is 1720. The molecular weight excluding hydrogens is 516 g/mol. The molecule has 206 valence electrons. The first-order valence-corrected chi connectivity index (χ1v) is 13.5. The number of fused-ring (bicyclic) bond motifs is 1. The highest BCUT2D eigenvalue weighted by atomic mass is 16.5. The summed E-state index contributed by atoms with van der Waals surface area (Å²) in [5.74, 6) is 0.541. The highest BCUT2D eigenvalue weighted by Crippen LogP contribution is 2.34. The number of amides is 2. The number of nitrogens with zero attached hydrogens (tertiary/aromatic N) is 3. The molecule has 1 saturated heterocycles. The summed E-state index contributed by atoms with van der Waals surface area (Å²) in [5.41, 5.74) is 7.01. The predicted molar refractivity (Wildman–Crippen MR) is 159 cm³/mol. The second-order valence-corrected chi connectivity index (χ2v) is 9.95. The lowest BCUT2D eigenvalue weighted by molar-refractivity contribution is 0.0735. The van der Waals surface area contributed by atoms with Crippen molar-refractivity contribution < 1.29 is 14.3 Å². The average Bonchev–Trinajstić information content (AvgIpc) is 3.47. The van der Waals surface area contributed by atoms with Crippen LogP contribution in [0.15, 0.2) is 79.1 Å². The summed E-state index contributed by atoms with van der Waals surface area (Å²) in [6, 6.07) is 22.4. The highest BCUT2D eigenvalue weighted by Gasteiger charge is 2.19. The van der Waals surface area contributed by atoms with E-state index in [4.69, 9.17) is 4.74 Å². The summed E-state index contributed by atoms with van der Waals surface area (Å²) in [7, 11) is 1.59. The molecule has 1 aliphatic heterocycles. The molecule has 0 spiro atoms. The van der Waals surface area contributed by atoms with Crippen LogP contribution in [0.5, 0.6) is 5.75 Å². The Hall–Kier alpha value is -5.02. The minimum Gasteiger partial charge on any atom is -0.497 e. The number of hydrogen-bond donors (Lipinski definition) is 3. The molecule has 5 aromatic rings. The Morgan fingerprint density at radius 2 is 1.66 bits per heavy atom. The van der Waals surface area contributed by atoms with Crippen molar-refractivity contribution in [1.82, 2.24) is 25.2 Å². The third-order valence-corrected chi connectivity index (χ3v) is 7.46. The van der Waals surface area contributed by atoms with Crippen molar-refractivity contribution in [3.8, 4) is 28.3 Å². The van der Waals surface area contributed by atoms with E-state index in [1.807, 2.05) is 60.4 Å². The lowest BCUT2D eigenvalue weighted by atomic mass is 10.0. The van der Waals surface area contributed by atoms with Gasteiger partial charge in [-0.05, 0) is 66.6 Å². The van der Waals surface area contributed by atoms with Gasteiger partial charge in [0.2, 0.25) is 0 Å². The lowest BCUT2D eigenvalue weighted by Gasteiger charge is -2.27. The van der Waals surface area contributed by atoms with Crippen LogP contribution in [0.4, 0.5) is 5.69 Å². The number of carbonyl (C=O) groups is 2. The van der Waals surface area contributed by atoms with Gasteiger partial charge in [-0.1, -0.05) is 24.3 Å². The van der Waals surface area contributed by atoms with E-state index in [9.17, 15) is 9.59 Å². The van der Waals surface area contributed by atoms with Gasteiger partial charge in [0.05, 0.1) is 12.8 Å². The molecule has 3 N–H and O–H groups in total. The minimum absolute atomic E-state index is 0.0530. The molecular formula is C32H30N6O3. The number of carbonyl (C=O) groups excluding carboxylic acids is 2. The van der Waals surface area contributed by atoms with E-state index in [2.05, 4.69) is 25.6 Å². The van der Waals surface area contributed by atoms with Gasteiger partial charge in [-0.15, -0.1) is 0 Å². The van der Waals surface area contributed by atoms with Gasteiger partial charge in [0, 0.05) is 59.6 Å². The summed E-state index contributed by atoms with van der Waals surface area (Å²) < 4.78 is 5.19. The van der Waals surface area contributed by atoms with Crippen LogP contribution in [-0.4, -0.2) is 65.0 Å². The van der Waals surface area contributed by atoms with Crippen LogP contribution in [0.2, 0.25) is 0 Å². The molecule has 6 rings (SSSR count). The normalized spacial score (nSPS) is 13.3. The first kappa shape index (κ1) is 26.2. The maximum absolute atomic E-state index is 12.9. The third kappa shape index (κ3) is 5.27. The quantitative estimate of drug-likeness (QED) is 0.279. The molecule has 3 aromatic carbocycles. The molecule has 9 nitrogen and oxygen atoms in total. The molecule has 0 atom stereocenters. The Morgan fingerprint density at radius 1 is 0.927 bits per heavy atom. The van der Waals surface area contributed by atoms with E-state index < -0.39 is 0 Å². The number of H-pyrrole nitrogens is 1. The number of aromatic amines is 1. The van der Waals surface area contributed by atoms with Crippen LogP contribution in [0.1, 0.15) is 26.3 Å². The monoisotopic (exact) mass is 546 g/mol. The predicted octanol–water partition coefficient (Wildman–Crippen LogP) is 4.91. The Kier molecular flexibility index (Phi) is 7.18. The number of hydrogen-bond acceptors (Lipinski definition) is 6. The van der Waals surface area contributed by atoms with E-state index in [0.29, 0.717) is 28.2 Å². The number of anilines is 1. The largest absolute Gasteiger partial charge is 0.497 e. The fourth-order valence-electron chi connectivity index (χ4n) is 5.12. The number of ether oxygens (including phenoxy) is 1. The molecule has 0 saturated carbocycles. The summed E-state index contributed by atoms with van der Waals surface area (Å²) in [6.07, 6.45) is 1.54. The second-order valence-electron chi connectivity index (χ2n) is 9.95. The van der Waals surface area contributed by atoms with E-state index in [0.717, 1.165) is 59.6 Å². The molecule has 3 heterocycles. The maximum atomic E-state index is 12.9. The number of nitrogens with one attached hydrogen (secondary N) is 3. The van der Waals surface area contributed by atoms with Gasteiger partial charge in [0.15, 0.2) is 0 Å². The molecule has 41 heavy (non-hydrogen) atoms. The molecule has 9 heteroatoms. The molecule has 1 fully saturated rings. The van der Waals surface area contributed by atoms with Gasteiger partial charge in [-0.3, -0.25) is 9.59 Å². The first-order valence-electron chi connectivity index (χ1n) is 13.5. The zero-order valence-electron chi connectivity index (χ0n) is 22.9. The van der Waals surface area contributed by atoms with Crippen LogP contribution in [-0.2, 0) is 0 Å². The maximum Gasteiger partial charge on any atom is 0.255 e. The summed E-state index contributed by atoms with van der Waals surface area (Å²) >= 11 is 0. The Balaban J connectivity index is 1.27. The third-order valence-electron chi connectivity index (χ3n) is 7.46. The summed E-state index contributed by atoms with van der Waals surface area (Å²) in [5, 5.41) is 7.17. The van der Waals surface area contributed by atoms with Crippen molar-refractivity contribution >= 4 is 28.5 Å². The van der Waals surface area contributed by atoms with Crippen molar-refractivity contribution in [2.24, 2.45) is 0 Å². The number of piperazine rings is 1. The molecule has 0 bridgehead atoms. The molecule has 1 aliphatic rings. The van der Waals surface area contributed by atoms with Gasteiger partial charge >= 0.3 is 0 Å². The van der Waals surface area contributed by atoms with Gasteiger partial charge in [0.25, 0.3) is 11.8 Å². The topological polar surface area (TPSA) is 112 Å². The fraction of sp³-hybridized carbons (Fsp3) is 0.188. The van der Waals surface area contributed by atoms with Crippen molar-refractivity contribution in [3.63, 3.8) is 0 Å². The smallest absolute Gasteiger partial charge is 0.255 e. The van der Waals surface area contributed by atoms with Crippen molar-refractivity contribution in [1.29, 1.82) is 0 Å². The molecule has 2 aromatic heterocycles. The number of benzene rings is 3. The van der Waals surface area contributed by atoms with E-state index in [-0.39, 0.29) is 11.8 Å². The van der Waals surface area contributed by atoms with Crippen LogP contribution in [0.25, 0.3) is 33.5 Å². The van der Waals surface area contributed by atoms with Crippen LogP contribution >= 0.6 is 0 Å². The standard InChI is InChI=1S/C32H30N6O3/c1-20-25(4-3-5-27(20)37-31(39)22-10-12-24(41-2)13-11-22)29-26-18-28(36-30(26)35-19-34-29)21-6-8-23(9-7-21)32(40)38-16-14-33-15-17-38/h3-13,18-19,33H,14-17H2,1-2H3,(H,37,39)(H,34,35,36). The zero-order chi connectivity index (χ0) is 28.3. The lowest BCUT2D eigenvalue weighted by Crippen LogP contribution is -2.46. The number of rotatable bonds is 6. The zero-order valence-corrected chi connectivity index (χ0v) is 22.9. The summed E-state index contributed by atoms with van der Waals surface area (Å²) in [6.45, 7) is 5.04. The Labute approximate surface area is 237 Å². The van der Waals surface area contributed by atoms with Crippen LogP contribution in [0.3, 0.4) is 0 Å². The fourth-order valence-corrected chi connectivity index (χ4v) is 5.12. The number of aromatic nitrogens is 3. The van der Waals surface area contributed by atoms with Gasteiger partial charge in [0.1, 0.15) is 17.7 Å².